The largest absolute Gasteiger partial charge is 0.495 e. The first kappa shape index (κ1) is 23.4. The number of halogens is 2. The van der Waals surface area contributed by atoms with E-state index in [4.69, 9.17) is 27.9 Å². The van der Waals surface area contributed by atoms with Gasteiger partial charge in [0.1, 0.15) is 17.4 Å². The van der Waals surface area contributed by atoms with Crippen LogP contribution in [-0.4, -0.2) is 18.9 Å². The van der Waals surface area contributed by atoms with Crippen LogP contribution >= 0.6 is 23.2 Å². The Labute approximate surface area is 207 Å². The maximum atomic E-state index is 13.5. The van der Waals surface area contributed by atoms with Crippen LogP contribution in [0.15, 0.2) is 66.2 Å². The van der Waals surface area contributed by atoms with Crippen molar-refractivity contribution in [2.75, 3.05) is 17.3 Å². The molecule has 0 saturated heterocycles. The van der Waals surface area contributed by atoms with Gasteiger partial charge in [0.25, 0.3) is 11.8 Å². The molecule has 3 aromatic rings. The molecule has 0 aromatic heterocycles. The van der Waals surface area contributed by atoms with Gasteiger partial charge in [-0.3, -0.25) is 9.59 Å². The van der Waals surface area contributed by atoms with Gasteiger partial charge in [0.05, 0.1) is 30.6 Å². The number of methoxy groups -OCH3 is 1. The summed E-state index contributed by atoms with van der Waals surface area (Å²) in [6, 6.07) is 19.4. The highest BCUT2D eigenvalue weighted by atomic mass is 35.5. The van der Waals surface area contributed by atoms with Crippen LogP contribution in [0.2, 0.25) is 10.0 Å². The van der Waals surface area contributed by atoms with Gasteiger partial charge in [0.15, 0.2) is 0 Å². The van der Waals surface area contributed by atoms with E-state index in [-0.39, 0.29) is 17.7 Å². The molecule has 0 radical (unpaired) electrons. The van der Waals surface area contributed by atoms with Crippen molar-refractivity contribution in [3.63, 3.8) is 0 Å². The molecule has 6 nitrogen and oxygen atoms in total. The first-order chi connectivity index (χ1) is 16.3. The highest BCUT2D eigenvalue weighted by Crippen LogP contribution is 2.40. The van der Waals surface area contributed by atoms with Gasteiger partial charge in [-0.15, -0.1) is 0 Å². The number of rotatable bonds is 5. The SMILES string of the molecule is COc1cc(Cl)c(C)cc1NC(=O)C(C#N)=C1C(=O)N(Cc2ccccc2Cl)c2ccccc21. The molecule has 170 valence electrons. The van der Waals surface area contributed by atoms with Gasteiger partial charge >= 0.3 is 0 Å². The van der Waals surface area contributed by atoms with Crippen molar-refractivity contribution in [1.82, 2.24) is 0 Å². The zero-order valence-electron chi connectivity index (χ0n) is 18.4. The Hall–Kier alpha value is -3.79. The quantitative estimate of drug-likeness (QED) is 0.362. The fraction of sp³-hybridized carbons (Fsp3) is 0.115. The molecule has 1 aliphatic heterocycles. The van der Waals surface area contributed by atoms with Gasteiger partial charge in [0.2, 0.25) is 0 Å². The number of aryl methyl sites for hydroxylation is 1. The third kappa shape index (κ3) is 4.24. The van der Waals surface area contributed by atoms with E-state index >= 15 is 0 Å². The number of nitriles is 1. The Kier molecular flexibility index (Phi) is 6.60. The van der Waals surface area contributed by atoms with Crippen LogP contribution in [0.1, 0.15) is 16.7 Å². The lowest BCUT2D eigenvalue weighted by atomic mass is 10.0. The summed E-state index contributed by atoms with van der Waals surface area (Å²) in [5.41, 5.74) is 2.65. The van der Waals surface area contributed by atoms with E-state index in [2.05, 4.69) is 5.32 Å². The third-order valence-corrected chi connectivity index (χ3v) is 6.30. The topological polar surface area (TPSA) is 82.4 Å². The number of nitrogens with one attached hydrogen (secondary N) is 1. The van der Waals surface area contributed by atoms with Crippen molar-refractivity contribution >= 4 is 52.0 Å². The van der Waals surface area contributed by atoms with E-state index in [1.807, 2.05) is 24.3 Å². The normalized spacial score (nSPS) is 13.9. The average Bonchev–Trinajstić information content (AvgIpc) is 3.09. The summed E-state index contributed by atoms with van der Waals surface area (Å²) in [5, 5.41) is 13.6. The molecule has 1 N–H and O–H groups in total. The number of carbonyl (C=O) groups is 2. The first-order valence-electron chi connectivity index (χ1n) is 10.3. The minimum atomic E-state index is -0.722. The molecular weight excluding hydrogens is 473 g/mol. The second kappa shape index (κ2) is 9.60. The summed E-state index contributed by atoms with van der Waals surface area (Å²) < 4.78 is 5.31. The zero-order chi connectivity index (χ0) is 24.4. The highest BCUT2D eigenvalue weighted by Gasteiger charge is 2.36. The van der Waals surface area contributed by atoms with Crippen molar-refractivity contribution in [3.05, 3.63) is 93.0 Å². The molecular formula is C26H19Cl2N3O3. The number of para-hydroxylation sites is 1. The molecule has 4 rings (SSSR count). The number of anilines is 2. The molecule has 0 atom stereocenters. The average molecular weight is 492 g/mol. The van der Waals surface area contributed by atoms with Gasteiger partial charge in [0, 0.05) is 21.7 Å². The van der Waals surface area contributed by atoms with Gasteiger partial charge in [-0.05, 0) is 36.2 Å². The number of amides is 2. The van der Waals surface area contributed by atoms with Crippen LogP contribution in [0.5, 0.6) is 5.75 Å². The fourth-order valence-corrected chi connectivity index (χ4v) is 4.16. The zero-order valence-corrected chi connectivity index (χ0v) is 19.9. The van der Waals surface area contributed by atoms with Gasteiger partial charge in [-0.1, -0.05) is 59.6 Å². The van der Waals surface area contributed by atoms with Crippen molar-refractivity contribution in [2.45, 2.75) is 13.5 Å². The number of hydrogen-bond donors (Lipinski definition) is 1. The minimum Gasteiger partial charge on any atom is -0.495 e. The summed E-state index contributed by atoms with van der Waals surface area (Å²) in [7, 11) is 1.45. The second-order valence-corrected chi connectivity index (χ2v) is 8.43. The first-order valence-corrected chi connectivity index (χ1v) is 11.1. The van der Waals surface area contributed by atoms with E-state index in [0.717, 1.165) is 11.1 Å². The smallest absolute Gasteiger partial charge is 0.267 e. The van der Waals surface area contributed by atoms with E-state index in [1.165, 1.54) is 12.0 Å². The number of carbonyl (C=O) groups excluding carboxylic acids is 2. The van der Waals surface area contributed by atoms with Crippen LogP contribution in [0.25, 0.3) is 5.57 Å². The summed E-state index contributed by atoms with van der Waals surface area (Å²) in [6.45, 7) is 1.98. The lowest BCUT2D eigenvalue weighted by Gasteiger charge is -2.18. The van der Waals surface area contributed by atoms with E-state index in [1.54, 1.807) is 49.4 Å². The number of ether oxygens (including phenoxy) is 1. The van der Waals surface area contributed by atoms with Crippen LogP contribution in [0.3, 0.4) is 0 Å². The van der Waals surface area contributed by atoms with Crippen LogP contribution in [0.4, 0.5) is 11.4 Å². The number of fused-ring (bicyclic) bond motifs is 1. The van der Waals surface area contributed by atoms with Crippen molar-refractivity contribution < 1.29 is 14.3 Å². The predicted molar refractivity (Wildman–Crippen MR) is 133 cm³/mol. The molecule has 34 heavy (non-hydrogen) atoms. The molecule has 2 amide bonds. The Morgan fingerprint density at radius 2 is 1.79 bits per heavy atom. The fourth-order valence-electron chi connectivity index (χ4n) is 3.81. The molecule has 0 spiro atoms. The van der Waals surface area contributed by atoms with Gasteiger partial charge in [-0.2, -0.15) is 5.26 Å². The second-order valence-electron chi connectivity index (χ2n) is 7.62. The number of nitrogens with zero attached hydrogens (tertiary/aromatic N) is 2. The molecule has 0 saturated carbocycles. The molecule has 0 bridgehead atoms. The molecule has 0 aliphatic carbocycles. The summed E-state index contributed by atoms with van der Waals surface area (Å²) in [5.74, 6) is -0.836. The summed E-state index contributed by atoms with van der Waals surface area (Å²) in [6.07, 6.45) is 0. The summed E-state index contributed by atoms with van der Waals surface area (Å²) in [4.78, 5) is 28.2. The van der Waals surface area contributed by atoms with Crippen molar-refractivity contribution in [3.8, 4) is 11.8 Å². The number of hydrogen-bond acceptors (Lipinski definition) is 4. The monoisotopic (exact) mass is 491 g/mol. The van der Waals surface area contributed by atoms with E-state index in [0.29, 0.717) is 32.7 Å². The van der Waals surface area contributed by atoms with Crippen molar-refractivity contribution in [2.24, 2.45) is 0 Å². The van der Waals surface area contributed by atoms with E-state index in [9.17, 15) is 14.9 Å². The molecule has 3 aromatic carbocycles. The Morgan fingerprint density at radius 1 is 1.09 bits per heavy atom. The van der Waals surface area contributed by atoms with E-state index < -0.39 is 11.8 Å². The maximum Gasteiger partial charge on any atom is 0.267 e. The molecule has 0 unspecified atom stereocenters. The minimum absolute atomic E-state index is 0.0345. The molecule has 1 heterocycles. The van der Waals surface area contributed by atoms with Crippen LogP contribution < -0.4 is 15.0 Å². The third-order valence-electron chi connectivity index (χ3n) is 5.53. The maximum absolute atomic E-state index is 13.5. The number of benzene rings is 3. The van der Waals surface area contributed by atoms with Crippen LogP contribution in [0, 0.1) is 18.3 Å². The molecule has 0 fully saturated rings. The lowest BCUT2D eigenvalue weighted by molar-refractivity contribution is -0.114. The predicted octanol–water partition coefficient (Wildman–Crippen LogP) is 5.77. The Balaban J connectivity index is 1.76. The summed E-state index contributed by atoms with van der Waals surface area (Å²) >= 11 is 12.5. The van der Waals surface area contributed by atoms with Gasteiger partial charge < -0.3 is 15.0 Å². The molecule has 1 aliphatic rings. The highest BCUT2D eigenvalue weighted by molar-refractivity contribution is 6.38. The lowest BCUT2D eigenvalue weighted by Crippen LogP contribution is -2.27. The standard InChI is InChI=1S/C26H19Cl2N3O3/c1-15-11-21(23(34-2)12-20(15)28)30-25(32)18(13-29)24-17-8-4-6-10-22(17)31(26(24)33)14-16-7-3-5-9-19(16)27/h3-12H,14H2,1-2H3,(H,30,32). The Morgan fingerprint density at radius 3 is 2.50 bits per heavy atom. The van der Waals surface area contributed by atoms with Gasteiger partial charge in [-0.25, -0.2) is 0 Å². The van der Waals surface area contributed by atoms with Crippen molar-refractivity contribution in [1.29, 1.82) is 5.26 Å². The molecule has 8 heteroatoms. The van der Waals surface area contributed by atoms with Crippen LogP contribution in [-0.2, 0) is 16.1 Å². The Bertz CT molecular complexity index is 1390.